The molecule has 4 rings (SSSR count). The normalized spacial score (nSPS) is 15.9. The van der Waals surface area contributed by atoms with Crippen molar-refractivity contribution in [3.05, 3.63) is 78.0 Å². The molecule has 1 saturated heterocycles. The molecule has 4 N–H and O–H groups in total. The summed E-state index contributed by atoms with van der Waals surface area (Å²) in [6.07, 6.45) is 1.83. The van der Waals surface area contributed by atoms with E-state index >= 15 is 0 Å². The van der Waals surface area contributed by atoms with E-state index in [0.29, 0.717) is 18.4 Å². The third-order valence-electron chi connectivity index (χ3n) is 5.52. The van der Waals surface area contributed by atoms with Gasteiger partial charge in [-0.05, 0) is 36.8 Å². The lowest BCUT2D eigenvalue weighted by atomic mass is 10.1. The molecule has 0 aliphatic carbocycles. The van der Waals surface area contributed by atoms with Gasteiger partial charge in [0.2, 0.25) is 5.91 Å². The molecule has 1 fully saturated rings. The van der Waals surface area contributed by atoms with Crippen molar-refractivity contribution in [2.45, 2.75) is 25.9 Å². The van der Waals surface area contributed by atoms with E-state index in [0.717, 1.165) is 42.3 Å². The molecule has 166 valence electrons. The van der Waals surface area contributed by atoms with Crippen LogP contribution in [-0.4, -0.2) is 36.7 Å². The Morgan fingerprint density at radius 1 is 1.19 bits per heavy atom. The number of nitrogens with two attached hydrogens (primary N) is 1. The SMILES string of the molecule is C[C@H]1COCCN1c1ccc(Nc2cc(NCc3ccccc3)c(CC(N)=O)cn2)cc1. The molecule has 0 saturated carbocycles. The summed E-state index contributed by atoms with van der Waals surface area (Å²) in [6.45, 7) is 5.22. The summed E-state index contributed by atoms with van der Waals surface area (Å²) in [6, 6.07) is 20.7. The van der Waals surface area contributed by atoms with E-state index in [1.165, 1.54) is 5.69 Å². The number of anilines is 4. The first-order valence-corrected chi connectivity index (χ1v) is 10.8. The van der Waals surface area contributed by atoms with Crippen molar-refractivity contribution >= 4 is 28.8 Å². The smallest absolute Gasteiger partial charge is 0.221 e. The van der Waals surface area contributed by atoms with Gasteiger partial charge in [-0.1, -0.05) is 30.3 Å². The minimum absolute atomic E-state index is 0.136. The highest BCUT2D eigenvalue weighted by atomic mass is 16.5. The predicted molar refractivity (Wildman–Crippen MR) is 128 cm³/mol. The minimum atomic E-state index is -0.386. The molecule has 7 nitrogen and oxygen atoms in total. The number of aromatic nitrogens is 1. The Balaban J connectivity index is 1.48. The van der Waals surface area contributed by atoms with Crippen LogP contribution in [0.5, 0.6) is 0 Å². The van der Waals surface area contributed by atoms with E-state index in [1.807, 2.05) is 36.4 Å². The molecule has 2 aromatic carbocycles. The quantitative estimate of drug-likeness (QED) is 0.504. The largest absolute Gasteiger partial charge is 0.381 e. The maximum atomic E-state index is 11.5. The van der Waals surface area contributed by atoms with Crippen molar-refractivity contribution in [1.29, 1.82) is 0 Å². The summed E-state index contributed by atoms with van der Waals surface area (Å²) in [5.41, 5.74) is 10.3. The van der Waals surface area contributed by atoms with Crippen LogP contribution in [0, 0.1) is 0 Å². The van der Waals surface area contributed by atoms with Crippen LogP contribution in [0.2, 0.25) is 0 Å². The second kappa shape index (κ2) is 10.2. The maximum absolute atomic E-state index is 11.5. The molecule has 7 heteroatoms. The zero-order valence-corrected chi connectivity index (χ0v) is 18.3. The summed E-state index contributed by atoms with van der Waals surface area (Å²) in [4.78, 5) is 18.3. The van der Waals surface area contributed by atoms with Crippen LogP contribution in [0.4, 0.5) is 22.9 Å². The Labute approximate surface area is 188 Å². The molecule has 1 aromatic heterocycles. The van der Waals surface area contributed by atoms with Gasteiger partial charge >= 0.3 is 0 Å². The van der Waals surface area contributed by atoms with Gasteiger partial charge in [-0.25, -0.2) is 4.98 Å². The molecule has 0 unspecified atom stereocenters. The molecule has 0 radical (unpaired) electrons. The van der Waals surface area contributed by atoms with Crippen LogP contribution in [0.15, 0.2) is 66.9 Å². The van der Waals surface area contributed by atoms with Gasteiger partial charge in [0.05, 0.1) is 19.6 Å². The number of carbonyl (C=O) groups excluding carboxylic acids is 1. The van der Waals surface area contributed by atoms with Crippen molar-refractivity contribution in [1.82, 2.24) is 4.98 Å². The third-order valence-corrected chi connectivity index (χ3v) is 5.52. The van der Waals surface area contributed by atoms with E-state index < -0.39 is 0 Å². The second-order valence-electron chi connectivity index (χ2n) is 8.00. The Morgan fingerprint density at radius 3 is 2.69 bits per heavy atom. The van der Waals surface area contributed by atoms with Crippen molar-refractivity contribution < 1.29 is 9.53 Å². The van der Waals surface area contributed by atoms with E-state index in [-0.39, 0.29) is 12.3 Å². The third kappa shape index (κ3) is 5.56. The number of rotatable bonds is 8. The number of benzene rings is 2. The van der Waals surface area contributed by atoms with Gasteiger partial charge in [-0.15, -0.1) is 0 Å². The van der Waals surface area contributed by atoms with E-state index in [2.05, 4.69) is 51.7 Å². The van der Waals surface area contributed by atoms with Gasteiger partial charge < -0.3 is 26.0 Å². The molecular formula is C25H29N5O2. The number of nitrogens with zero attached hydrogens (tertiary/aromatic N) is 2. The molecular weight excluding hydrogens is 402 g/mol. The molecule has 1 aliphatic rings. The van der Waals surface area contributed by atoms with Crippen molar-refractivity contribution in [3.8, 4) is 0 Å². The van der Waals surface area contributed by atoms with Crippen LogP contribution in [0.1, 0.15) is 18.1 Å². The van der Waals surface area contributed by atoms with Crippen LogP contribution in [-0.2, 0) is 22.5 Å². The van der Waals surface area contributed by atoms with E-state index in [9.17, 15) is 4.79 Å². The van der Waals surface area contributed by atoms with Crippen LogP contribution >= 0.6 is 0 Å². The standard InChI is InChI=1S/C25H29N5O2/c1-18-17-32-12-11-30(18)22-9-7-21(8-10-22)29-25-14-23(20(16-28-25)13-24(26)31)27-15-19-5-3-2-4-6-19/h2-10,14,16,18H,11-13,15,17H2,1H3,(H2,26,31)(H2,27,28,29)/t18-/m0/s1. The van der Waals surface area contributed by atoms with Crippen LogP contribution < -0.4 is 21.3 Å². The lowest BCUT2D eigenvalue weighted by molar-refractivity contribution is -0.117. The van der Waals surface area contributed by atoms with Crippen LogP contribution in [0.25, 0.3) is 0 Å². The molecule has 0 bridgehead atoms. The maximum Gasteiger partial charge on any atom is 0.221 e. The van der Waals surface area contributed by atoms with Crippen molar-refractivity contribution in [2.75, 3.05) is 35.3 Å². The number of carbonyl (C=O) groups is 1. The van der Waals surface area contributed by atoms with Gasteiger partial charge in [0.25, 0.3) is 0 Å². The lowest BCUT2D eigenvalue weighted by Gasteiger charge is -2.35. The fourth-order valence-corrected chi connectivity index (χ4v) is 3.83. The number of amides is 1. The van der Waals surface area contributed by atoms with Crippen LogP contribution in [0.3, 0.4) is 0 Å². The molecule has 1 atom stereocenters. The summed E-state index contributed by atoms with van der Waals surface area (Å²) in [5.74, 6) is 0.310. The molecule has 0 spiro atoms. The minimum Gasteiger partial charge on any atom is -0.381 e. The zero-order chi connectivity index (χ0) is 22.3. The topological polar surface area (TPSA) is 92.5 Å². The highest BCUT2D eigenvalue weighted by Crippen LogP contribution is 2.26. The molecule has 1 aliphatic heterocycles. The molecule has 3 aromatic rings. The number of pyridine rings is 1. The summed E-state index contributed by atoms with van der Waals surface area (Å²) >= 11 is 0. The van der Waals surface area contributed by atoms with Crippen molar-refractivity contribution in [3.63, 3.8) is 0 Å². The van der Waals surface area contributed by atoms with Gasteiger partial charge in [-0.2, -0.15) is 0 Å². The Morgan fingerprint density at radius 2 is 1.97 bits per heavy atom. The van der Waals surface area contributed by atoms with Gasteiger partial charge in [0.1, 0.15) is 5.82 Å². The summed E-state index contributed by atoms with van der Waals surface area (Å²) in [7, 11) is 0. The first-order valence-electron chi connectivity index (χ1n) is 10.8. The summed E-state index contributed by atoms with van der Waals surface area (Å²) < 4.78 is 5.53. The average molecular weight is 432 g/mol. The second-order valence-corrected chi connectivity index (χ2v) is 8.00. The number of hydrogen-bond acceptors (Lipinski definition) is 6. The average Bonchev–Trinajstić information content (AvgIpc) is 2.80. The highest BCUT2D eigenvalue weighted by molar-refractivity contribution is 5.79. The monoisotopic (exact) mass is 431 g/mol. The van der Waals surface area contributed by atoms with Crippen molar-refractivity contribution in [2.24, 2.45) is 5.73 Å². The Kier molecular flexibility index (Phi) is 6.87. The number of hydrogen-bond donors (Lipinski definition) is 3. The first kappa shape index (κ1) is 21.6. The molecule has 1 amide bonds. The molecule has 2 heterocycles. The first-order chi connectivity index (χ1) is 15.6. The van der Waals surface area contributed by atoms with E-state index in [4.69, 9.17) is 10.5 Å². The van der Waals surface area contributed by atoms with Gasteiger partial charge in [-0.3, -0.25) is 4.79 Å². The number of primary amides is 1. The fourth-order valence-electron chi connectivity index (χ4n) is 3.83. The number of morpholine rings is 1. The number of ether oxygens (including phenoxy) is 1. The Hall–Kier alpha value is -3.58. The molecule has 32 heavy (non-hydrogen) atoms. The zero-order valence-electron chi connectivity index (χ0n) is 18.3. The fraction of sp³-hybridized carbons (Fsp3) is 0.280. The van der Waals surface area contributed by atoms with E-state index in [1.54, 1.807) is 6.20 Å². The van der Waals surface area contributed by atoms with Gasteiger partial charge in [0, 0.05) is 54.0 Å². The summed E-state index contributed by atoms with van der Waals surface area (Å²) in [5, 5.41) is 6.77. The predicted octanol–water partition coefficient (Wildman–Crippen LogP) is 3.69. The lowest BCUT2D eigenvalue weighted by Crippen LogP contribution is -2.43. The Bertz CT molecular complexity index is 1040. The number of nitrogens with one attached hydrogen (secondary N) is 2. The van der Waals surface area contributed by atoms with Gasteiger partial charge in [0.15, 0.2) is 0 Å². The highest BCUT2D eigenvalue weighted by Gasteiger charge is 2.18.